The van der Waals surface area contributed by atoms with Gasteiger partial charge in [0.25, 0.3) is 0 Å². The molecule has 0 radical (unpaired) electrons. The molecule has 0 atom stereocenters. The van der Waals surface area contributed by atoms with Crippen LogP contribution in [0.1, 0.15) is 98.3 Å². The van der Waals surface area contributed by atoms with Crippen molar-refractivity contribution in [3.63, 3.8) is 0 Å². The smallest absolute Gasteiger partial charge is 0.240 e. The molecule has 3 nitrogen and oxygen atoms in total. The highest BCUT2D eigenvalue weighted by atomic mass is 16.2. The Morgan fingerprint density at radius 1 is 0.952 bits per heavy atom. The van der Waals surface area contributed by atoms with Gasteiger partial charge in [-0.1, -0.05) is 72.1 Å². The third-order valence-electron chi connectivity index (χ3n) is 3.58. The van der Waals surface area contributed by atoms with Crippen molar-refractivity contribution in [2.24, 2.45) is 11.0 Å². The van der Waals surface area contributed by atoms with Gasteiger partial charge in [-0.2, -0.15) is 5.10 Å². The fourth-order valence-corrected chi connectivity index (χ4v) is 2.45. The zero-order valence-electron chi connectivity index (χ0n) is 14.7. The normalized spacial score (nSPS) is 12.0. The van der Waals surface area contributed by atoms with E-state index in [1.165, 1.54) is 44.9 Å². The van der Waals surface area contributed by atoms with Gasteiger partial charge < -0.3 is 0 Å². The minimum atomic E-state index is 0.0565. The molecule has 0 saturated carbocycles. The molecular formula is C18H36N2O. The van der Waals surface area contributed by atoms with Crippen molar-refractivity contribution < 1.29 is 4.79 Å². The highest BCUT2D eigenvalue weighted by molar-refractivity contribution is 5.84. The minimum absolute atomic E-state index is 0.0565. The number of nitrogens with one attached hydrogen (secondary N) is 1. The van der Waals surface area contributed by atoms with E-state index >= 15 is 0 Å². The van der Waals surface area contributed by atoms with Gasteiger partial charge in [-0.25, -0.2) is 5.43 Å². The largest absolute Gasteiger partial charge is 0.273 e. The lowest BCUT2D eigenvalue weighted by Gasteiger charge is -2.05. The molecule has 0 unspecified atom stereocenters. The van der Waals surface area contributed by atoms with E-state index in [9.17, 15) is 4.79 Å². The van der Waals surface area contributed by atoms with E-state index in [-0.39, 0.29) is 5.91 Å². The Morgan fingerprint density at radius 2 is 1.48 bits per heavy atom. The Kier molecular flexibility index (Phi) is 13.5. The van der Waals surface area contributed by atoms with Crippen LogP contribution < -0.4 is 5.43 Å². The van der Waals surface area contributed by atoms with Crippen LogP contribution in [-0.4, -0.2) is 11.6 Å². The molecule has 0 aromatic heterocycles. The molecule has 124 valence electrons. The molecular weight excluding hydrogens is 260 g/mol. The standard InChI is InChI=1S/C18H36N2O/c1-5-6-7-8-9-10-11-12-13-14-18(21)20-19-17(4)15-16(2)3/h16H,5-15H2,1-4H3,(H,20,21)/b19-17+. The Balaban J connectivity index is 3.42. The molecule has 0 spiro atoms. The summed E-state index contributed by atoms with van der Waals surface area (Å²) in [5, 5.41) is 4.14. The first-order valence-corrected chi connectivity index (χ1v) is 8.88. The van der Waals surface area contributed by atoms with Crippen molar-refractivity contribution in [3.05, 3.63) is 0 Å². The summed E-state index contributed by atoms with van der Waals surface area (Å²) in [5.74, 6) is 0.643. The van der Waals surface area contributed by atoms with Crippen LogP contribution in [0.2, 0.25) is 0 Å². The lowest BCUT2D eigenvalue weighted by molar-refractivity contribution is -0.121. The summed E-state index contributed by atoms with van der Waals surface area (Å²) in [6.07, 6.45) is 13.1. The first-order valence-electron chi connectivity index (χ1n) is 8.88. The second-order valence-corrected chi connectivity index (χ2v) is 6.56. The summed E-state index contributed by atoms with van der Waals surface area (Å²) in [4.78, 5) is 11.6. The van der Waals surface area contributed by atoms with Gasteiger partial charge in [-0.3, -0.25) is 4.79 Å². The number of nitrogens with zero attached hydrogens (tertiary/aromatic N) is 1. The maximum atomic E-state index is 11.6. The van der Waals surface area contributed by atoms with Gasteiger partial charge in [-0.15, -0.1) is 0 Å². The molecule has 21 heavy (non-hydrogen) atoms. The highest BCUT2D eigenvalue weighted by Crippen LogP contribution is 2.10. The van der Waals surface area contributed by atoms with Crippen molar-refractivity contribution in [2.45, 2.75) is 98.3 Å². The topological polar surface area (TPSA) is 41.5 Å². The van der Waals surface area contributed by atoms with Gasteiger partial charge in [0.15, 0.2) is 0 Å². The van der Waals surface area contributed by atoms with E-state index in [4.69, 9.17) is 0 Å². The predicted octanol–water partition coefficient (Wildman–Crippen LogP) is 5.45. The average molecular weight is 296 g/mol. The Hall–Kier alpha value is -0.860. The average Bonchev–Trinajstić information content (AvgIpc) is 2.42. The lowest BCUT2D eigenvalue weighted by atomic mass is 10.1. The summed E-state index contributed by atoms with van der Waals surface area (Å²) in [5.41, 5.74) is 3.67. The molecule has 0 aliphatic carbocycles. The number of carbonyl (C=O) groups is 1. The molecule has 0 saturated heterocycles. The number of rotatable bonds is 13. The van der Waals surface area contributed by atoms with Crippen LogP contribution in [0.25, 0.3) is 0 Å². The fraction of sp³-hybridized carbons (Fsp3) is 0.889. The number of hydrazone groups is 1. The lowest BCUT2D eigenvalue weighted by Crippen LogP contribution is -2.18. The van der Waals surface area contributed by atoms with Crippen LogP contribution in [0.15, 0.2) is 5.10 Å². The number of hydrogen-bond acceptors (Lipinski definition) is 2. The van der Waals surface area contributed by atoms with Crippen LogP contribution in [0.3, 0.4) is 0 Å². The molecule has 0 fully saturated rings. The first kappa shape index (κ1) is 20.1. The second kappa shape index (κ2) is 14.1. The van der Waals surface area contributed by atoms with Gasteiger partial charge >= 0.3 is 0 Å². The molecule has 0 aliphatic rings. The highest BCUT2D eigenvalue weighted by Gasteiger charge is 2.01. The van der Waals surface area contributed by atoms with E-state index in [2.05, 4.69) is 31.3 Å². The van der Waals surface area contributed by atoms with Crippen molar-refractivity contribution in [1.82, 2.24) is 5.43 Å². The van der Waals surface area contributed by atoms with E-state index < -0.39 is 0 Å². The Labute approximate surface area is 132 Å². The monoisotopic (exact) mass is 296 g/mol. The zero-order chi connectivity index (χ0) is 15.9. The maximum Gasteiger partial charge on any atom is 0.240 e. The van der Waals surface area contributed by atoms with E-state index in [1.54, 1.807) is 0 Å². The SMILES string of the molecule is CCCCCCCCCCCC(=O)N/N=C(\C)CC(C)C. The van der Waals surface area contributed by atoms with Crippen molar-refractivity contribution in [3.8, 4) is 0 Å². The molecule has 1 amide bonds. The quantitative estimate of drug-likeness (QED) is 0.274. The van der Waals surface area contributed by atoms with Crippen LogP contribution in [0, 0.1) is 5.92 Å². The van der Waals surface area contributed by atoms with Crippen LogP contribution in [0.5, 0.6) is 0 Å². The summed E-state index contributed by atoms with van der Waals surface area (Å²) in [6, 6.07) is 0. The van der Waals surface area contributed by atoms with Gasteiger partial charge in [0, 0.05) is 12.1 Å². The van der Waals surface area contributed by atoms with Gasteiger partial charge in [0.2, 0.25) is 5.91 Å². The number of unbranched alkanes of at least 4 members (excludes halogenated alkanes) is 8. The fourth-order valence-electron chi connectivity index (χ4n) is 2.45. The Morgan fingerprint density at radius 3 is 2.00 bits per heavy atom. The second-order valence-electron chi connectivity index (χ2n) is 6.56. The molecule has 0 heterocycles. The number of carbonyl (C=O) groups excluding carboxylic acids is 1. The molecule has 0 aliphatic heterocycles. The van der Waals surface area contributed by atoms with Gasteiger partial charge in [0.05, 0.1) is 0 Å². The minimum Gasteiger partial charge on any atom is -0.273 e. The molecule has 0 rings (SSSR count). The summed E-state index contributed by atoms with van der Waals surface area (Å²) >= 11 is 0. The summed E-state index contributed by atoms with van der Waals surface area (Å²) in [7, 11) is 0. The molecule has 0 aromatic rings. The van der Waals surface area contributed by atoms with Gasteiger partial charge in [0.1, 0.15) is 0 Å². The van der Waals surface area contributed by atoms with Crippen molar-refractivity contribution in [1.29, 1.82) is 0 Å². The third kappa shape index (κ3) is 15.3. The Bertz CT molecular complexity index is 285. The third-order valence-corrected chi connectivity index (χ3v) is 3.58. The predicted molar refractivity (Wildman–Crippen MR) is 92.6 cm³/mol. The summed E-state index contributed by atoms with van der Waals surface area (Å²) in [6.45, 7) is 8.53. The molecule has 1 N–H and O–H groups in total. The van der Waals surface area contributed by atoms with E-state index in [0.29, 0.717) is 12.3 Å². The molecule has 0 bridgehead atoms. The van der Waals surface area contributed by atoms with Crippen molar-refractivity contribution >= 4 is 11.6 Å². The maximum absolute atomic E-state index is 11.6. The van der Waals surface area contributed by atoms with Crippen LogP contribution in [0.4, 0.5) is 0 Å². The summed E-state index contributed by atoms with van der Waals surface area (Å²) < 4.78 is 0. The number of hydrogen-bond donors (Lipinski definition) is 1. The molecule has 3 heteroatoms. The van der Waals surface area contributed by atoms with Crippen LogP contribution in [-0.2, 0) is 4.79 Å². The number of amides is 1. The van der Waals surface area contributed by atoms with E-state index in [1.807, 2.05) is 6.92 Å². The van der Waals surface area contributed by atoms with Gasteiger partial charge in [-0.05, 0) is 25.7 Å². The van der Waals surface area contributed by atoms with E-state index in [0.717, 1.165) is 25.0 Å². The van der Waals surface area contributed by atoms with Crippen LogP contribution >= 0.6 is 0 Å². The first-order chi connectivity index (χ1) is 10.1. The zero-order valence-corrected chi connectivity index (χ0v) is 14.7. The van der Waals surface area contributed by atoms with Crippen molar-refractivity contribution in [2.75, 3.05) is 0 Å². The molecule has 0 aromatic carbocycles.